The maximum absolute atomic E-state index is 8.82. The van der Waals surface area contributed by atoms with Gasteiger partial charge < -0.3 is 40.9 Å². The minimum atomic E-state index is 0.0694. The zero-order valence-electron chi connectivity index (χ0n) is 19.5. The SMILES string of the molecule is OCCN(CCO)CCN(CCO)CCO.OCCN(CCO)CCN(CCO)CCO. The Morgan fingerprint density at radius 3 is 0.438 bits per heavy atom. The lowest BCUT2D eigenvalue weighted by Crippen LogP contribution is -2.40. The van der Waals surface area contributed by atoms with E-state index in [1.54, 1.807) is 0 Å². The van der Waals surface area contributed by atoms with Crippen molar-refractivity contribution in [3.05, 3.63) is 0 Å². The molecule has 0 fully saturated rings. The number of nitrogens with zero attached hydrogens (tertiary/aromatic N) is 4. The Kier molecular flexibility index (Phi) is 28.2. The van der Waals surface area contributed by atoms with E-state index in [1.807, 2.05) is 19.6 Å². The van der Waals surface area contributed by atoms with Crippen LogP contribution in [0.15, 0.2) is 0 Å². The fourth-order valence-corrected chi connectivity index (χ4v) is 3.04. The van der Waals surface area contributed by atoms with Crippen LogP contribution in [-0.4, -0.2) is 192 Å². The molecule has 0 saturated carbocycles. The predicted molar refractivity (Wildman–Crippen MR) is 122 cm³/mol. The molecule has 0 aromatic carbocycles. The van der Waals surface area contributed by atoms with Crippen LogP contribution in [0.5, 0.6) is 0 Å². The molecule has 0 bridgehead atoms. The Morgan fingerprint density at radius 2 is 0.344 bits per heavy atom. The molecule has 0 radical (unpaired) electrons. The molecule has 8 N–H and O–H groups in total. The number of rotatable bonds is 22. The number of hydrogen-bond acceptors (Lipinski definition) is 12. The van der Waals surface area contributed by atoms with E-state index in [0.717, 1.165) is 0 Å². The van der Waals surface area contributed by atoms with Crippen LogP contribution in [0.4, 0.5) is 0 Å². The van der Waals surface area contributed by atoms with Crippen LogP contribution in [-0.2, 0) is 0 Å². The summed E-state index contributed by atoms with van der Waals surface area (Å²) >= 11 is 0. The van der Waals surface area contributed by atoms with Crippen molar-refractivity contribution >= 4 is 0 Å². The highest BCUT2D eigenvalue weighted by atomic mass is 16.3. The number of aliphatic hydroxyl groups is 8. The third-order valence-corrected chi connectivity index (χ3v) is 4.79. The summed E-state index contributed by atoms with van der Waals surface area (Å²) in [6.07, 6.45) is 0. The largest absolute Gasteiger partial charge is 0.395 e. The molecule has 0 rings (SSSR count). The molecule has 0 aliphatic rings. The molecule has 0 aromatic rings. The summed E-state index contributed by atoms with van der Waals surface area (Å²) in [6, 6.07) is 0. The monoisotopic (exact) mass is 472 g/mol. The van der Waals surface area contributed by atoms with Gasteiger partial charge in [0.1, 0.15) is 0 Å². The summed E-state index contributed by atoms with van der Waals surface area (Å²) in [5, 5.41) is 70.5. The Hall–Kier alpha value is -0.480. The maximum atomic E-state index is 8.82. The Morgan fingerprint density at radius 1 is 0.219 bits per heavy atom. The van der Waals surface area contributed by atoms with E-state index >= 15 is 0 Å². The van der Waals surface area contributed by atoms with Crippen LogP contribution in [0.1, 0.15) is 0 Å². The van der Waals surface area contributed by atoms with E-state index in [0.29, 0.717) is 78.5 Å². The van der Waals surface area contributed by atoms with Gasteiger partial charge in [-0.25, -0.2) is 0 Å². The highest BCUT2D eigenvalue weighted by Gasteiger charge is 2.09. The lowest BCUT2D eigenvalue weighted by Gasteiger charge is -2.25. The van der Waals surface area contributed by atoms with Gasteiger partial charge in [0, 0.05) is 78.5 Å². The van der Waals surface area contributed by atoms with Crippen LogP contribution in [0.3, 0.4) is 0 Å². The molecular weight excluding hydrogens is 424 g/mol. The first-order chi connectivity index (χ1) is 15.6. The average Bonchev–Trinajstić information content (AvgIpc) is 2.77. The van der Waals surface area contributed by atoms with Gasteiger partial charge >= 0.3 is 0 Å². The van der Waals surface area contributed by atoms with Crippen molar-refractivity contribution in [2.24, 2.45) is 0 Å². The summed E-state index contributed by atoms with van der Waals surface area (Å²) < 4.78 is 0. The first-order valence-corrected chi connectivity index (χ1v) is 11.3. The quantitative estimate of drug-likeness (QED) is 0.0755. The molecule has 0 spiro atoms. The van der Waals surface area contributed by atoms with Crippen LogP contribution in [0.2, 0.25) is 0 Å². The molecule has 196 valence electrons. The molecule has 12 nitrogen and oxygen atoms in total. The summed E-state index contributed by atoms with van der Waals surface area (Å²) in [4.78, 5) is 7.78. The lowest BCUT2D eigenvalue weighted by atomic mass is 10.4. The second kappa shape index (κ2) is 26.8. The zero-order valence-corrected chi connectivity index (χ0v) is 19.5. The predicted octanol–water partition coefficient (Wildman–Crippen LogP) is -4.88. The molecule has 0 saturated heterocycles. The van der Waals surface area contributed by atoms with Crippen LogP contribution < -0.4 is 0 Å². The van der Waals surface area contributed by atoms with Crippen molar-refractivity contribution in [1.29, 1.82) is 0 Å². The van der Waals surface area contributed by atoms with Gasteiger partial charge in [-0.05, 0) is 0 Å². The zero-order chi connectivity index (χ0) is 24.5. The molecule has 12 heteroatoms. The van der Waals surface area contributed by atoms with E-state index in [2.05, 4.69) is 0 Å². The second-order valence-electron chi connectivity index (χ2n) is 7.16. The van der Waals surface area contributed by atoms with E-state index in [9.17, 15) is 0 Å². The molecule has 0 aromatic heterocycles. The smallest absolute Gasteiger partial charge is 0.0558 e. The molecule has 0 heterocycles. The fourth-order valence-electron chi connectivity index (χ4n) is 3.04. The van der Waals surface area contributed by atoms with E-state index in [-0.39, 0.29) is 52.9 Å². The van der Waals surface area contributed by atoms with Crippen LogP contribution in [0, 0.1) is 0 Å². The Labute approximate surface area is 192 Å². The molecule has 0 aliphatic carbocycles. The molecule has 0 unspecified atom stereocenters. The van der Waals surface area contributed by atoms with Gasteiger partial charge in [-0.1, -0.05) is 0 Å². The summed E-state index contributed by atoms with van der Waals surface area (Å²) in [6.45, 7) is 7.67. The summed E-state index contributed by atoms with van der Waals surface area (Å²) in [7, 11) is 0. The van der Waals surface area contributed by atoms with Crippen LogP contribution >= 0.6 is 0 Å². The van der Waals surface area contributed by atoms with Gasteiger partial charge in [0.2, 0.25) is 0 Å². The van der Waals surface area contributed by atoms with Crippen molar-refractivity contribution in [2.45, 2.75) is 0 Å². The topological polar surface area (TPSA) is 175 Å². The number of aliphatic hydroxyl groups excluding tert-OH is 8. The lowest BCUT2D eigenvalue weighted by molar-refractivity contribution is 0.121. The van der Waals surface area contributed by atoms with Gasteiger partial charge in [-0.2, -0.15) is 0 Å². The molecule has 0 amide bonds. The van der Waals surface area contributed by atoms with Gasteiger partial charge in [0.05, 0.1) is 52.9 Å². The normalized spacial score (nSPS) is 11.6. The third-order valence-electron chi connectivity index (χ3n) is 4.79. The highest BCUT2D eigenvalue weighted by Crippen LogP contribution is 1.93. The Bertz CT molecular complexity index is 274. The fraction of sp³-hybridized carbons (Fsp3) is 1.00. The highest BCUT2D eigenvalue weighted by molar-refractivity contribution is 4.64. The standard InChI is InChI=1S/2C10H24N2O4/c2*13-7-3-11(4-8-14)1-2-12(5-9-15)6-10-16/h2*13-16H,1-10H2. The van der Waals surface area contributed by atoms with E-state index in [1.165, 1.54) is 0 Å². The summed E-state index contributed by atoms with van der Waals surface area (Å²) in [5.74, 6) is 0. The van der Waals surface area contributed by atoms with E-state index < -0.39 is 0 Å². The van der Waals surface area contributed by atoms with Gasteiger partial charge in [-0.15, -0.1) is 0 Å². The molecule has 32 heavy (non-hydrogen) atoms. The third kappa shape index (κ3) is 21.4. The van der Waals surface area contributed by atoms with Crippen molar-refractivity contribution in [2.75, 3.05) is 131 Å². The molecule has 0 aliphatic heterocycles. The van der Waals surface area contributed by atoms with Gasteiger partial charge in [0.25, 0.3) is 0 Å². The minimum Gasteiger partial charge on any atom is -0.395 e. The van der Waals surface area contributed by atoms with Crippen LogP contribution in [0.25, 0.3) is 0 Å². The van der Waals surface area contributed by atoms with E-state index in [4.69, 9.17) is 40.9 Å². The van der Waals surface area contributed by atoms with Crippen molar-refractivity contribution in [1.82, 2.24) is 19.6 Å². The van der Waals surface area contributed by atoms with Crippen molar-refractivity contribution in [3.8, 4) is 0 Å². The Balaban J connectivity index is 0. The maximum Gasteiger partial charge on any atom is 0.0558 e. The average molecular weight is 473 g/mol. The minimum absolute atomic E-state index is 0.0694. The van der Waals surface area contributed by atoms with Gasteiger partial charge in [-0.3, -0.25) is 19.6 Å². The molecule has 0 atom stereocenters. The summed E-state index contributed by atoms with van der Waals surface area (Å²) in [5.41, 5.74) is 0. The molecular formula is C20H48N4O8. The second-order valence-corrected chi connectivity index (χ2v) is 7.16. The van der Waals surface area contributed by atoms with Crippen molar-refractivity contribution < 1.29 is 40.9 Å². The van der Waals surface area contributed by atoms with Gasteiger partial charge in [0.15, 0.2) is 0 Å². The van der Waals surface area contributed by atoms with Crippen molar-refractivity contribution in [3.63, 3.8) is 0 Å². The first-order valence-electron chi connectivity index (χ1n) is 11.3. The number of hydrogen-bond donors (Lipinski definition) is 8. The first kappa shape index (κ1) is 33.7.